The molecule has 1 aromatic rings. The molecule has 2 aliphatic heterocycles. The predicted molar refractivity (Wildman–Crippen MR) is 73.1 cm³/mol. The van der Waals surface area contributed by atoms with Crippen molar-refractivity contribution < 1.29 is 0 Å². The molecule has 2 N–H and O–H groups in total. The highest BCUT2D eigenvalue weighted by Gasteiger charge is 2.33. The molecule has 0 radical (unpaired) electrons. The molecule has 0 aliphatic carbocycles. The van der Waals surface area contributed by atoms with E-state index in [1.54, 1.807) is 0 Å². The lowest BCUT2D eigenvalue weighted by molar-refractivity contribution is 0.351. The standard InChI is InChI=1S/C14H20N2S/c1-10-4-2-3-5-14(10)17-16-13-8-11-6-7-12(9-13)15-11/h2-5,11-13,15-16H,6-9H2,1H3. The summed E-state index contributed by atoms with van der Waals surface area (Å²) in [6.07, 6.45) is 5.32. The molecule has 2 saturated heterocycles. The summed E-state index contributed by atoms with van der Waals surface area (Å²) >= 11 is 1.81. The summed E-state index contributed by atoms with van der Waals surface area (Å²) in [5.41, 5.74) is 1.36. The van der Waals surface area contributed by atoms with Crippen LogP contribution in [0.4, 0.5) is 0 Å². The maximum absolute atomic E-state index is 3.68. The average Bonchev–Trinajstić information content (AvgIpc) is 2.68. The first-order valence-electron chi connectivity index (χ1n) is 6.55. The van der Waals surface area contributed by atoms with Gasteiger partial charge in [0.1, 0.15) is 0 Å². The van der Waals surface area contributed by atoms with Gasteiger partial charge in [-0.05, 0) is 56.2 Å². The Morgan fingerprint density at radius 3 is 2.59 bits per heavy atom. The molecule has 2 nitrogen and oxygen atoms in total. The fourth-order valence-electron chi connectivity index (χ4n) is 2.97. The number of rotatable bonds is 3. The van der Waals surface area contributed by atoms with E-state index in [-0.39, 0.29) is 0 Å². The van der Waals surface area contributed by atoms with E-state index < -0.39 is 0 Å². The minimum absolute atomic E-state index is 0.679. The van der Waals surface area contributed by atoms with Gasteiger partial charge in [-0.2, -0.15) is 0 Å². The van der Waals surface area contributed by atoms with Crippen molar-refractivity contribution in [2.75, 3.05) is 0 Å². The van der Waals surface area contributed by atoms with Crippen molar-refractivity contribution in [1.29, 1.82) is 0 Å². The number of nitrogens with one attached hydrogen (secondary N) is 2. The van der Waals surface area contributed by atoms with E-state index >= 15 is 0 Å². The molecule has 1 aromatic carbocycles. The Hall–Kier alpha value is -0.510. The second-order valence-corrected chi connectivity index (χ2v) is 6.17. The van der Waals surface area contributed by atoms with Crippen molar-refractivity contribution >= 4 is 11.9 Å². The Morgan fingerprint density at radius 2 is 1.88 bits per heavy atom. The van der Waals surface area contributed by atoms with Gasteiger partial charge < -0.3 is 5.32 Å². The highest BCUT2D eigenvalue weighted by Crippen LogP contribution is 2.29. The monoisotopic (exact) mass is 248 g/mol. The summed E-state index contributed by atoms with van der Waals surface area (Å²) in [6, 6.07) is 10.8. The van der Waals surface area contributed by atoms with Gasteiger partial charge in [-0.25, -0.2) is 0 Å². The van der Waals surface area contributed by atoms with Gasteiger partial charge in [-0.15, -0.1) is 0 Å². The van der Waals surface area contributed by atoms with Crippen LogP contribution in [0, 0.1) is 6.92 Å². The number of piperidine rings is 1. The molecule has 17 heavy (non-hydrogen) atoms. The van der Waals surface area contributed by atoms with Crippen molar-refractivity contribution in [1.82, 2.24) is 10.0 Å². The van der Waals surface area contributed by atoms with Crippen LogP contribution in [-0.4, -0.2) is 18.1 Å². The third-order valence-electron chi connectivity index (χ3n) is 3.90. The predicted octanol–water partition coefficient (Wildman–Crippen LogP) is 2.87. The first kappa shape index (κ1) is 11.6. The fraction of sp³-hybridized carbons (Fsp3) is 0.571. The van der Waals surface area contributed by atoms with Gasteiger partial charge in [0, 0.05) is 23.0 Å². The molecule has 2 unspecified atom stereocenters. The molecule has 2 bridgehead atoms. The molecule has 0 saturated carbocycles. The van der Waals surface area contributed by atoms with E-state index in [4.69, 9.17) is 0 Å². The van der Waals surface area contributed by atoms with Crippen molar-refractivity contribution in [2.24, 2.45) is 0 Å². The van der Waals surface area contributed by atoms with Crippen molar-refractivity contribution in [3.8, 4) is 0 Å². The van der Waals surface area contributed by atoms with Crippen LogP contribution in [0.1, 0.15) is 31.2 Å². The van der Waals surface area contributed by atoms with Crippen LogP contribution in [0.15, 0.2) is 29.2 Å². The zero-order chi connectivity index (χ0) is 11.7. The smallest absolute Gasteiger partial charge is 0.0257 e. The maximum atomic E-state index is 3.68. The van der Waals surface area contributed by atoms with E-state index in [0.29, 0.717) is 6.04 Å². The highest BCUT2D eigenvalue weighted by molar-refractivity contribution is 7.97. The summed E-state index contributed by atoms with van der Waals surface area (Å²) in [7, 11) is 0. The average molecular weight is 248 g/mol. The third kappa shape index (κ3) is 2.67. The second-order valence-electron chi connectivity index (χ2n) is 5.29. The number of aryl methyl sites for hydroxylation is 1. The Bertz CT molecular complexity index is 382. The summed E-state index contributed by atoms with van der Waals surface area (Å²) in [5.74, 6) is 0. The van der Waals surface area contributed by atoms with Gasteiger partial charge in [-0.3, -0.25) is 4.72 Å². The summed E-state index contributed by atoms with van der Waals surface area (Å²) in [5, 5.41) is 3.68. The topological polar surface area (TPSA) is 24.1 Å². The Balaban J connectivity index is 1.56. The molecule has 0 amide bonds. The zero-order valence-corrected chi connectivity index (χ0v) is 11.1. The number of hydrogen-bond donors (Lipinski definition) is 2. The maximum Gasteiger partial charge on any atom is 0.0257 e. The van der Waals surface area contributed by atoms with Gasteiger partial charge in [0.25, 0.3) is 0 Å². The Labute approximate surface area is 108 Å². The van der Waals surface area contributed by atoms with Crippen LogP contribution < -0.4 is 10.0 Å². The molecule has 2 fully saturated rings. The quantitative estimate of drug-likeness (QED) is 0.804. The van der Waals surface area contributed by atoms with Gasteiger partial charge in [0.2, 0.25) is 0 Å². The van der Waals surface area contributed by atoms with Gasteiger partial charge in [-0.1, -0.05) is 18.2 Å². The van der Waals surface area contributed by atoms with Crippen molar-refractivity contribution in [3.63, 3.8) is 0 Å². The van der Waals surface area contributed by atoms with E-state index in [9.17, 15) is 0 Å². The van der Waals surface area contributed by atoms with Crippen molar-refractivity contribution in [3.05, 3.63) is 29.8 Å². The Kier molecular flexibility index (Phi) is 3.41. The summed E-state index contributed by atoms with van der Waals surface area (Å²) in [6.45, 7) is 2.18. The minimum Gasteiger partial charge on any atom is -0.311 e. The van der Waals surface area contributed by atoms with Gasteiger partial charge in [0.15, 0.2) is 0 Å². The van der Waals surface area contributed by atoms with Gasteiger partial charge in [0.05, 0.1) is 0 Å². The summed E-state index contributed by atoms with van der Waals surface area (Å²) in [4.78, 5) is 1.36. The first-order chi connectivity index (χ1) is 8.31. The van der Waals surface area contributed by atoms with E-state index in [1.807, 2.05) is 11.9 Å². The zero-order valence-electron chi connectivity index (χ0n) is 10.3. The lowest BCUT2D eigenvalue weighted by atomic mass is 10.0. The largest absolute Gasteiger partial charge is 0.311 e. The van der Waals surface area contributed by atoms with Crippen LogP contribution >= 0.6 is 11.9 Å². The van der Waals surface area contributed by atoms with E-state index in [0.717, 1.165) is 12.1 Å². The van der Waals surface area contributed by atoms with E-state index in [2.05, 4.69) is 41.2 Å². The Morgan fingerprint density at radius 1 is 1.18 bits per heavy atom. The molecule has 2 aliphatic rings. The summed E-state index contributed by atoms with van der Waals surface area (Å²) < 4.78 is 3.66. The molecule has 0 aromatic heterocycles. The van der Waals surface area contributed by atoms with Crippen LogP contribution in [0.25, 0.3) is 0 Å². The van der Waals surface area contributed by atoms with Crippen LogP contribution in [0.5, 0.6) is 0 Å². The molecule has 2 heterocycles. The van der Waals surface area contributed by atoms with Gasteiger partial charge >= 0.3 is 0 Å². The molecule has 3 heteroatoms. The third-order valence-corrected chi connectivity index (χ3v) is 5.03. The normalized spacial score (nSPS) is 31.7. The van der Waals surface area contributed by atoms with Crippen LogP contribution in [-0.2, 0) is 0 Å². The van der Waals surface area contributed by atoms with E-state index in [1.165, 1.54) is 36.1 Å². The number of hydrogen-bond acceptors (Lipinski definition) is 3. The SMILES string of the molecule is Cc1ccccc1SNC1CC2CCC(C1)N2. The molecule has 3 rings (SSSR count). The molecule has 92 valence electrons. The van der Waals surface area contributed by atoms with Crippen molar-refractivity contribution in [2.45, 2.75) is 55.6 Å². The lowest BCUT2D eigenvalue weighted by Crippen LogP contribution is -2.44. The fourth-order valence-corrected chi connectivity index (χ4v) is 3.83. The molecular formula is C14H20N2S. The number of fused-ring (bicyclic) bond motifs is 2. The van der Waals surface area contributed by atoms with Crippen LogP contribution in [0.2, 0.25) is 0 Å². The number of benzene rings is 1. The van der Waals surface area contributed by atoms with Crippen LogP contribution in [0.3, 0.4) is 0 Å². The first-order valence-corrected chi connectivity index (χ1v) is 7.37. The molecule has 0 spiro atoms. The molecular weight excluding hydrogens is 228 g/mol. The minimum atomic E-state index is 0.679. The molecule has 2 atom stereocenters. The highest BCUT2D eigenvalue weighted by atomic mass is 32.2. The second kappa shape index (κ2) is 5.01. The lowest BCUT2D eigenvalue weighted by Gasteiger charge is -2.29.